The van der Waals surface area contributed by atoms with Crippen LogP contribution in [0.4, 0.5) is 0 Å². The van der Waals surface area contributed by atoms with Gasteiger partial charge in [-0.05, 0) is 25.5 Å². The van der Waals surface area contributed by atoms with E-state index in [4.69, 9.17) is 13.9 Å². The molecule has 1 atom stereocenters. The van der Waals surface area contributed by atoms with E-state index in [1.165, 1.54) is 0 Å². The van der Waals surface area contributed by atoms with Crippen molar-refractivity contribution in [1.82, 2.24) is 10.6 Å². The molecule has 1 aliphatic heterocycles. The van der Waals surface area contributed by atoms with Crippen molar-refractivity contribution in [3.63, 3.8) is 0 Å². The Morgan fingerprint density at radius 2 is 2.32 bits per heavy atom. The summed E-state index contributed by atoms with van der Waals surface area (Å²) in [6.45, 7) is 7.43. The van der Waals surface area contributed by atoms with Crippen molar-refractivity contribution in [3.05, 3.63) is 24.2 Å². The summed E-state index contributed by atoms with van der Waals surface area (Å²) in [7, 11) is 0. The van der Waals surface area contributed by atoms with Gasteiger partial charge in [0.25, 0.3) is 0 Å². The van der Waals surface area contributed by atoms with Gasteiger partial charge in [0.05, 0.1) is 19.5 Å². The van der Waals surface area contributed by atoms with E-state index in [1.54, 1.807) is 6.26 Å². The molecule has 1 aromatic rings. The van der Waals surface area contributed by atoms with Gasteiger partial charge in [0.2, 0.25) is 0 Å². The summed E-state index contributed by atoms with van der Waals surface area (Å²) < 4.78 is 16.1. The zero-order valence-corrected chi connectivity index (χ0v) is 13.3. The van der Waals surface area contributed by atoms with Crippen LogP contribution in [0.15, 0.2) is 27.8 Å². The number of guanidine groups is 1. The molecule has 1 aromatic heterocycles. The summed E-state index contributed by atoms with van der Waals surface area (Å²) >= 11 is 0. The lowest BCUT2D eigenvalue weighted by Gasteiger charge is -2.13. The zero-order chi connectivity index (χ0) is 15.5. The van der Waals surface area contributed by atoms with Crippen LogP contribution >= 0.6 is 0 Å². The fourth-order valence-electron chi connectivity index (χ4n) is 2.27. The molecule has 1 saturated heterocycles. The number of furan rings is 1. The SMILES string of the molecule is CCOCCNC(=NCC1CCOC1)NCCc1ccco1. The van der Waals surface area contributed by atoms with Crippen molar-refractivity contribution in [2.45, 2.75) is 19.8 Å². The molecule has 0 radical (unpaired) electrons. The molecule has 6 heteroatoms. The second kappa shape index (κ2) is 10.2. The monoisotopic (exact) mass is 309 g/mol. The number of hydrogen-bond acceptors (Lipinski definition) is 4. The van der Waals surface area contributed by atoms with E-state index in [1.807, 2.05) is 19.1 Å². The van der Waals surface area contributed by atoms with Crippen LogP contribution in [0, 0.1) is 5.92 Å². The molecule has 1 aliphatic rings. The standard InChI is InChI=1S/C16H27N3O3/c1-2-20-11-8-18-16(19-12-14-6-10-21-13-14)17-7-5-15-4-3-9-22-15/h3-4,9,14H,2,5-8,10-13H2,1H3,(H2,17,18,19). The largest absolute Gasteiger partial charge is 0.469 e. The zero-order valence-electron chi connectivity index (χ0n) is 13.3. The predicted molar refractivity (Wildman–Crippen MR) is 86.1 cm³/mol. The van der Waals surface area contributed by atoms with Crippen molar-refractivity contribution in [2.24, 2.45) is 10.9 Å². The molecule has 0 saturated carbocycles. The van der Waals surface area contributed by atoms with Gasteiger partial charge in [0.1, 0.15) is 5.76 Å². The van der Waals surface area contributed by atoms with Crippen molar-refractivity contribution >= 4 is 5.96 Å². The third kappa shape index (κ3) is 6.49. The molecule has 124 valence electrons. The van der Waals surface area contributed by atoms with Gasteiger partial charge in [-0.2, -0.15) is 0 Å². The highest BCUT2D eigenvalue weighted by Crippen LogP contribution is 2.11. The molecule has 6 nitrogen and oxygen atoms in total. The van der Waals surface area contributed by atoms with Crippen LogP contribution in [0.2, 0.25) is 0 Å². The molecule has 2 rings (SSSR count). The maximum absolute atomic E-state index is 5.39. The van der Waals surface area contributed by atoms with E-state index >= 15 is 0 Å². The van der Waals surface area contributed by atoms with Gasteiger partial charge in [0, 0.05) is 45.2 Å². The molecule has 1 unspecified atom stereocenters. The minimum Gasteiger partial charge on any atom is -0.469 e. The number of aliphatic imine (C=N–C) groups is 1. The van der Waals surface area contributed by atoms with Crippen LogP contribution in [0.3, 0.4) is 0 Å². The number of nitrogens with zero attached hydrogens (tertiary/aromatic N) is 1. The van der Waals surface area contributed by atoms with E-state index in [0.717, 1.165) is 64.0 Å². The molecule has 0 aromatic carbocycles. The van der Waals surface area contributed by atoms with E-state index in [-0.39, 0.29) is 0 Å². The van der Waals surface area contributed by atoms with Gasteiger partial charge < -0.3 is 24.5 Å². The van der Waals surface area contributed by atoms with E-state index in [2.05, 4.69) is 15.6 Å². The van der Waals surface area contributed by atoms with Gasteiger partial charge in [-0.3, -0.25) is 4.99 Å². The minimum absolute atomic E-state index is 0.538. The number of nitrogens with one attached hydrogen (secondary N) is 2. The van der Waals surface area contributed by atoms with Crippen LogP contribution in [0.1, 0.15) is 19.1 Å². The van der Waals surface area contributed by atoms with E-state index in [9.17, 15) is 0 Å². The second-order valence-electron chi connectivity index (χ2n) is 5.30. The molecule has 0 amide bonds. The normalized spacial score (nSPS) is 18.6. The van der Waals surface area contributed by atoms with Crippen LogP contribution in [0.25, 0.3) is 0 Å². The lowest BCUT2D eigenvalue weighted by molar-refractivity contribution is 0.152. The van der Waals surface area contributed by atoms with Crippen molar-refractivity contribution in [3.8, 4) is 0 Å². The number of ether oxygens (including phenoxy) is 2. The van der Waals surface area contributed by atoms with Gasteiger partial charge in [-0.15, -0.1) is 0 Å². The van der Waals surface area contributed by atoms with Crippen LogP contribution in [-0.4, -0.2) is 52.0 Å². The summed E-state index contributed by atoms with van der Waals surface area (Å²) in [6.07, 6.45) is 3.64. The molecule has 2 heterocycles. The Balaban J connectivity index is 1.73. The Morgan fingerprint density at radius 1 is 1.41 bits per heavy atom. The van der Waals surface area contributed by atoms with E-state index < -0.39 is 0 Å². The van der Waals surface area contributed by atoms with Crippen molar-refractivity contribution in [1.29, 1.82) is 0 Å². The fourth-order valence-corrected chi connectivity index (χ4v) is 2.27. The first kappa shape index (κ1) is 16.8. The molecule has 22 heavy (non-hydrogen) atoms. The summed E-state index contributed by atoms with van der Waals surface area (Å²) in [5, 5.41) is 6.64. The lowest BCUT2D eigenvalue weighted by Crippen LogP contribution is -2.40. The maximum atomic E-state index is 5.39. The van der Waals surface area contributed by atoms with Gasteiger partial charge in [-0.25, -0.2) is 0 Å². The Hall–Kier alpha value is -1.53. The molecular weight excluding hydrogens is 282 g/mol. The first-order chi connectivity index (χ1) is 10.9. The second-order valence-corrected chi connectivity index (χ2v) is 5.30. The summed E-state index contributed by atoms with van der Waals surface area (Å²) in [5.41, 5.74) is 0. The van der Waals surface area contributed by atoms with Crippen molar-refractivity contribution in [2.75, 3.05) is 46.1 Å². The van der Waals surface area contributed by atoms with Crippen LogP contribution in [-0.2, 0) is 15.9 Å². The summed E-state index contributed by atoms with van der Waals surface area (Å²) in [6, 6.07) is 3.89. The Morgan fingerprint density at radius 3 is 3.05 bits per heavy atom. The summed E-state index contributed by atoms with van der Waals surface area (Å²) in [4.78, 5) is 4.65. The predicted octanol–water partition coefficient (Wildman–Crippen LogP) is 1.43. The Bertz CT molecular complexity index is 414. The molecule has 0 bridgehead atoms. The molecule has 0 spiro atoms. The van der Waals surface area contributed by atoms with Crippen LogP contribution in [0.5, 0.6) is 0 Å². The third-order valence-corrected chi connectivity index (χ3v) is 3.52. The number of rotatable bonds is 9. The van der Waals surface area contributed by atoms with Gasteiger partial charge >= 0.3 is 0 Å². The molecular formula is C16H27N3O3. The third-order valence-electron chi connectivity index (χ3n) is 3.52. The van der Waals surface area contributed by atoms with Crippen LogP contribution < -0.4 is 10.6 Å². The average molecular weight is 309 g/mol. The quantitative estimate of drug-likeness (QED) is 0.410. The highest BCUT2D eigenvalue weighted by atomic mass is 16.5. The first-order valence-electron chi connectivity index (χ1n) is 8.08. The smallest absolute Gasteiger partial charge is 0.191 e. The van der Waals surface area contributed by atoms with E-state index in [0.29, 0.717) is 12.5 Å². The average Bonchev–Trinajstić information content (AvgIpc) is 3.21. The molecule has 0 aliphatic carbocycles. The highest BCUT2D eigenvalue weighted by Gasteiger charge is 2.15. The first-order valence-corrected chi connectivity index (χ1v) is 8.08. The summed E-state index contributed by atoms with van der Waals surface area (Å²) in [5.74, 6) is 2.35. The molecule has 2 N–H and O–H groups in total. The fraction of sp³-hybridized carbons (Fsp3) is 0.688. The Labute approximate surface area is 132 Å². The lowest BCUT2D eigenvalue weighted by atomic mass is 10.1. The number of hydrogen-bond donors (Lipinski definition) is 2. The topological polar surface area (TPSA) is 68.0 Å². The minimum atomic E-state index is 0.538. The van der Waals surface area contributed by atoms with Gasteiger partial charge in [0.15, 0.2) is 5.96 Å². The van der Waals surface area contributed by atoms with Gasteiger partial charge in [-0.1, -0.05) is 0 Å². The maximum Gasteiger partial charge on any atom is 0.191 e. The van der Waals surface area contributed by atoms with Crippen molar-refractivity contribution < 1.29 is 13.9 Å². The Kier molecular flexibility index (Phi) is 7.83. The highest BCUT2D eigenvalue weighted by molar-refractivity contribution is 5.79. The molecule has 1 fully saturated rings.